The second kappa shape index (κ2) is 7.69. The van der Waals surface area contributed by atoms with E-state index < -0.39 is 0 Å². The van der Waals surface area contributed by atoms with Gasteiger partial charge in [0.25, 0.3) is 0 Å². The predicted octanol–water partition coefficient (Wildman–Crippen LogP) is 4.96. The van der Waals surface area contributed by atoms with Crippen LogP contribution in [0.15, 0.2) is 53.4 Å². The van der Waals surface area contributed by atoms with Crippen molar-refractivity contribution < 1.29 is 4.79 Å². The van der Waals surface area contributed by atoms with E-state index in [0.29, 0.717) is 0 Å². The number of hydrogen-bond acceptors (Lipinski definition) is 3. The molecule has 4 heteroatoms. The van der Waals surface area contributed by atoms with E-state index in [4.69, 9.17) is 0 Å². The fourth-order valence-electron chi connectivity index (χ4n) is 4.40. The van der Waals surface area contributed by atoms with E-state index in [1.54, 1.807) is 11.8 Å². The maximum atomic E-state index is 12.7. The molecule has 142 valence electrons. The van der Waals surface area contributed by atoms with Crippen molar-refractivity contribution >= 4 is 23.4 Å². The molecule has 1 saturated heterocycles. The normalized spacial score (nSPS) is 21.2. The van der Waals surface area contributed by atoms with Gasteiger partial charge in [-0.2, -0.15) is 0 Å². The van der Waals surface area contributed by atoms with Gasteiger partial charge in [-0.3, -0.25) is 9.69 Å². The minimum absolute atomic E-state index is 0.193. The number of carbonyl (C=O) groups is 1. The molecule has 2 fully saturated rings. The molecule has 0 unspecified atom stereocenters. The molecule has 0 bridgehead atoms. The number of piperidine rings is 1. The largest absolute Gasteiger partial charge is 0.326 e. The molecule has 1 N–H and O–H groups in total. The number of carbonyl (C=O) groups excluding carboxylic acids is 1. The zero-order valence-corrected chi connectivity index (χ0v) is 17.0. The van der Waals surface area contributed by atoms with Crippen molar-refractivity contribution in [2.75, 3.05) is 24.7 Å². The second-order valence-corrected chi connectivity index (χ2v) is 8.98. The van der Waals surface area contributed by atoms with Crippen LogP contribution in [0.2, 0.25) is 0 Å². The monoisotopic (exact) mass is 380 g/mol. The van der Waals surface area contributed by atoms with E-state index in [2.05, 4.69) is 59.8 Å². The maximum absolute atomic E-state index is 12.7. The van der Waals surface area contributed by atoms with Crippen LogP contribution in [0.5, 0.6) is 0 Å². The Kier molecular flexibility index (Phi) is 5.29. The first-order chi connectivity index (χ1) is 13.1. The van der Waals surface area contributed by atoms with E-state index >= 15 is 0 Å². The molecule has 0 radical (unpaired) electrons. The van der Waals surface area contributed by atoms with Crippen LogP contribution in [0, 0.1) is 18.3 Å². The lowest BCUT2D eigenvalue weighted by Gasteiger charge is -2.32. The highest BCUT2D eigenvalue weighted by atomic mass is 32.2. The number of rotatable bonds is 5. The van der Waals surface area contributed by atoms with Gasteiger partial charge in [0.05, 0.1) is 0 Å². The summed E-state index contributed by atoms with van der Waals surface area (Å²) < 4.78 is 0. The standard InChI is InChI=1S/C23H28N2OS/c1-17-4-3-5-18(14-17)16-25-12-10-23(11-13-25)15-21(23)22(26)24-19-6-8-20(27-2)9-7-19/h3-9,14,21H,10-13,15-16H2,1-2H3,(H,24,26)/t21-/m1/s1. The Hall–Kier alpha value is -1.78. The SMILES string of the molecule is CSc1ccc(NC(=O)[C@H]2CC23CCN(Cc2cccc(C)c2)CC3)cc1. The highest BCUT2D eigenvalue weighted by molar-refractivity contribution is 7.98. The van der Waals surface area contributed by atoms with Crippen LogP contribution in [0.3, 0.4) is 0 Å². The molecule has 1 aliphatic heterocycles. The number of likely N-dealkylation sites (tertiary alicyclic amines) is 1. The van der Waals surface area contributed by atoms with Crippen LogP contribution < -0.4 is 5.32 Å². The molecule has 2 aliphatic rings. The Morgan fingerprint density at radius 3 is 2.59 bits per heavy atom. The second-order valence-electron chi connectivity index (χ2n) is 8.10. The number of anilines is 1. The number of amides is 1. The first-order valence-corrected chi connectivity index (χ1v) is 11.0. The molecule has 2 aromatic rings. The first kappa shape index (κ1) is 18.6. The molecular formula is C23H28N2OS. The average Bonchev–Trinajstić information content (AvgIpc) is 3.38. The molecule has 4 rings (SSSR count). The third-order valence-corrected chi connectivity index (χ3v) is 6.95. The van der Waals surface area contributed by atoms with Crippen molar-refractivity contribution in [1.82, 2.24) is 4.90 Å². The number of nitrogens with one attached hydrogen (secondary N) is 1. The van der Waals surface area contributed by atoms with Gasteiger partial charge in [-0.05, 0) is 80.8 Å². The van der Waals surface area contributed by atoms with E-state index in [-0.39, 0.29) is 17.2 Å². The van der Waals surface area contributed by atoms with Crippen molar-refractivity contribution in [3.63, 3.8) is 0 Å². The summed E-state index contributed by atoms with van der Waals surface area (Å²) in [4.78, 5) is 16.4. The van der Waals surface area contributed by atoms with Gasteiger partial charge in [0.2, 0.25) is 5.91 Å². The van der Waals surface area contributed by atoms with Crippen LogP contribution in [-0.4, -0.2) is 30.2 Å². The van der Waals surface area contributed by atoms with Crippen molar-refractivity contribution in [2.45, 2.75) is 37.6 Å². The topological polar surface area (TPSA) is 32.3 Å². The molecule has 27 heavy (non-hydrogen) atoms. The van der Waals surface area contributed by atoms with Crippen LogP contribution in [0.25, 0.3) is 0 Å². The molecule has 1 saturated carbocycles. The minimum atomic E-state index is 0.193. The lowest BCUT2D eigenvalue weighted by Crippen LogP contribution is -2.35. The third kappa shape index (κ3) is 4.22. The summed E-state index contributed by atoms with van der Waals surface area (Å²) in [6.45, 7) is 5.37. The number of nitrogens with zero attached hydrogens (tertiary/aromatic N) is 1. The Bertz CT molecular complexity index is 809. The molecule has 3 nitrogen and oxygen atoms in total. The molecular weight excluding hydrogens is 352 g/mol. The van der Waals surface area contributed by atoms with Gasteiger partial charge in [-0.25, -0.2) is 0 Å². The highest BCUT2D eigenvalue weighted by Gasteiger charge is 2.58. The fraction of sp³-hybridized carbons (Fsp3) is 0.435. The Balaban J connectivity index is 1.28. The summed E-state index contributed by atoms with van der Waals surface area (Å²) in [6.07, 6.45) is 5.40. The zero-order chi connectivity index (χ0) is 18.9. The molecule has 1 aliphatic carbocycles. The molecule has 1 heterocycles. The van der Waals surface area contributed by atoms with Gasteiger partial charge in [-0.1, -0.05) is 29.8 Å². The molecule has 1 atom stereocenters. The van der Waals surface area contributed by atoms with Crippen molar-refractivity contribution in [2.24, 2.45) is 11.3 Å². The van der Waals surface area contributed by atoms with Crippen LogP contribution in [-0.2, 0) is 11.3 Å². The maximum Gasteiger partial charge on any atom is 0.228 e. The summed E-state index contributed by atoms with van der Waals surface area (Å²) in [7, 11) is 0. The smallest absolute Gasteiger partial charge is 0.228 e. The lowest BCUT2D eigenvalue weighted by atomic mass is 9.90. The summed E-state index contributed by atoms with van der Waals surface area (Å²) in [5, 5.41) is 3.12. The van der Waals surface area contributed by atoms with Crippen LogP contribution >= 0.6 is 11.8 Å². The van der Waals surface area contributed by atoms with E-state index in [0.717, 1.165) is 44.6 Å². The summed E-state index contributed by atoms with van der Waals surface area (Å²) in [6, 6.07) is 16.9. The van der Waals surface area contributed by atoms with Gasteiger partial charge >= 0.3 is 0 Å². The number of hydrogen-bond donors (Lipinski definition) is 1. The molecule has 1 spiro atoms. The summed E-state index contributed by atoms with van der Waals surface area (Å²) in [5.41, 5.74) is 3.89. The van der Waals surface area contributed by atoms with Crippen molar-refractivity contribution in [3.05, 3.63) is 59.7 Å². The van der Waals surface area contributed by atoms with Gasteiger partial charge in [0.15, 0.2) is 0 Å². The molecule has 1 amide bonds. The van der Waals surface area contributed by atoms with Crippen LogP contribution in [0.1, 0.15) is 30.4 Å². The third-order valence-electron chi connectivity index (χ3n) is 6.20. The predicted molar refractivity (Wildman–Crippen MR) is 113 cm³/mol. The Labute approximate surface area is 166 Å². The van der Waals surface area contributed by atoms with Crippen LogP contribution in [0.4, 0.5) is 5.69 Å². The van der Waals surface area contributed by atoms with Gasteiger partial charge in [0, 0.05) is 23.0 Å². The fourth-order valence-corrected chi connectivity index (χ4v) is 4.81. The average molecular weight is 381 g/mol. The van der Waals surface area contributed by atoms with Gasteiger partial charge < -0.3 is 5.32 Å². The van der Waals surface area contributed by atoms with Crippen molar-refractivity contribution in [1.29, 1.82) is 0 Å². The van der Waals surface area contributed by atoms with E-state index in [1.807, 2.05) is 12.1 Å². The summed E-state index contributed by atoms with van der Waals surface area (Å²) in [5.74, 6) is 0.401. The minimum Gasteiger partial charge on any atom is -0.326 e. The Morgan fingerprint density at radius 1 is 1.19 bits per heavy atom. The Morgan fingerprint density at radius 2 is 1.93 bits per heavy atom. The molecule has 2 aromatic carbocycles. The number of thioether (sulfide) groups is 1. The number of aryl methyl sites for hydroxylation is 1. The highest BCUT2D eigenvalue weighted by Crippen LogP contribution is 2.59. The van der Waals surface area contributed by atoms with Gasteiger partial charge in [0.1, 0.15) is 0 Å². The summed E-state index contributed by atoms with van der Waals surface area (Å²) >= 11 is 1.72. The van der Waals surface area contributed by atoms with Crippen molar-refractivity contribution in [3.8, 4) is 0 Å². The quantitative estimate of drug-likeness (QED) is 0.744. The van der Waals surface area contributed by atoms with E-state index in [1.165, 1.54) is 16.0 Å². The molecule has 0 aromatic heterocycles. The first-order valence-electron chi connectivity index (χ1n) is 9.81. The zero-order valence-electron chi connectivity index (χ0n) is 16.2. The lowest BCUT2D eigenvalue weighted by molar-refractivity contribution is -0.118. The number of benzene rings is 2. The van der Waals surface area contributed by atoms with Gasteiger partial charge in [-0.15, -0.1) is 11.8 Å². The van der Waals surface area contributed by atoms with E-state index in [9.17, 15) is 4.79 Å².